The Morgan fingerprint density at radius 3 is 2.80 bits per heavy atom. The summed E-state index contributed by atoms with van der Waals surface area (Å²) in [5.74, 6) is 0.659. The third-order valence-corrected chi connectivity index (χ3v) is 4.03. The Balaban J connectivity index is 2.23. The number of nitrogens with zero attached hydrogens (tertiary/aromatic N) is 3. The maximum absolute atomic E-state index is 11.1. The maximum Gasteiger partial charge on any atom is 0.152 e. The Morgan fingerprint density at radius 2 is 2.15 bits per heavy atom. The summed E-state index contributed by atoms with van der Waals surface area (Å²) < 4.78 is 2.07. The van der Waals surface area contributed by atoms with Crippen molar-refractivity contribution < 1.29 is 4.79 Å². The Labute approximate surface area is 125 Å². The van der Waals surface area contributed by atoms with E-state index < -0.39 is 0 Å². The second-order valence-electron chi connectivity index (χ2n) is 5.39. The van der Waals surface area contributed by atoms with E-state index >= 15 is 0 Å². The van der Waals surface area contributed by atoms with Gasteiger partial charge in [-0.05, 0) is 44.8 Å². The molecule has 0 bridgehead atoms. The molecule has 110 valence electrons. The zero-order chi connectivity index (χ0) is 14.4. The quantitative estimate of drug-likeness (QED) is 0.595. The van der Waals surface area contributed by atoms with Gasteiger partial charge in [-0.25, -0.2) is 4.68 Å². The predicted octanol–water partition coefficient (Wildman–Crippen LogP) is 3.56. The summed E-state index contributed by atoms with van der Waals surface area (Å²) in [5.41, 5.74) is 1.94. The minimum absolute atomic E-state index is 0.0282. The summed E-state index contributed by atoms with van der Waals surface area (Å²) in [6.07, 6.45) is 11.3. The molecule has 1 saturated carbocycles. The van der Waals surface area contributed by atoms with Gasteiger partial charge in [-0.3, -0.25) is 4.79 Å². The third kappa shape index (κ3) is 3.92. The van der Waals surface area contributed by atoms with Crippen LogP contribution >= 0.6 is 11.6 Å². The lowest BCUT2D eigenvalue weighted by atomic mass is 9.95. The summed E-state index contributed by atoms with van der Waals surface area (Å²) in [6.45, 7) is 1.54. The first-order valence-corrected chi connectivity index (χ1v) is 7.94. The number of halogens is 1. The van der Waals surface area contributed by atoms with Gasteiger partial charge >= 0.3 is 0 Å². The number of alkyl halides is 1. The van der Waals surface area contributed by atoms with Gasteiger partial charge in [0.1, 0.15) is 5.69 Å². The van der Waals surface area contributed by atoms with Crippen LogP contribution in [-0.2, 0) is 11.2 Å². The summed E-state index contributed by atoms with van der Waals surface area (Å²) in [7, 11) is 0. The van der Waals surface area contributed by atoms with E-state index in [1.807, 2.05) is 0 Å². The molecular formula is C15H22ClN3O. The first kappa shape index (κ1) is 15.2. The molecule has 0 saturated heterocycles. The van der Waals surface area contributed by atoms with Crippen LogP contribution in [0.25, 0.3) is 6.08 Å². The minimum atomic E-state index is 0.0282. The standard InChI is InChI=1S/C15H22ClN3O/c1-12(20)9-10-14-15(8-5-11-16)19(18-17-14)13-6-3-2-4-7-13/h9-10,13H,2-8,11H2,1H3/b10-9+. The molecule has 0 N–H and O–H groups in total. The third-order valence-electron chi connectivity index (χ3n) is 3.76. The van der Waals surface area contributed by atoms with Crippen LogP contribution < -0.4 is 0 Å². The van der Waals surface area contributed by atoms with Crippen molar-refractivity contribution in [1.82, 2.24) is 15.0 Å². The van der Waals surface area contributed by atoms with Crippen LogP contribution in [0.15, 0.2) is 6.08 Å². The predicted molar refractivity (Wildman–Crippen MR) is 80.9 cm³/mol. The van der Waals surface area contributed by atoms with Crippen molar-refractivity contribution in [2.24, 2.45) is 0 Å². The number of aromatic nitrogens is 3. The Hall–Kier alpha value is -1.16. The fourth-order valence-electron chi connectivity index (χ4n) is 2.75. The summed E-state index contributed by atoms with van der Waals surface area (Å²) in [5, 5.41) is 8.58. The van der Waals surface area contributed by atoms with Crippen LogP contribution in [0.3, 0.4) is 0 Å². The maximum atomic E-state index is 11.1. The first-order valence-electron chi connectivity index (χ1n) is 7.41. The smallest absolute Gasteiger partial charge is 0.152 e. The molecule has 0 aliphatic heterocycles. The minimum Gasteiger partial charge on any atom is -0.295 e. The van der Waals surface area contributed by atoms with Gasteiger partial charge in [-0.1, -0.05) is 24.5 Å². The van der Waals surface area contributed by atoms with Crippen molar-refractivity contribution in [3.05, 3.63) is 17.5 Å². The molecule has 1 aliphatic rings. The van der Waals surface area contributed by atoms with Crippen LogP contribution in [0.2, 0.25) is 0 Å². The molecule has 2 rings (SSSR count). The van der Waals surface area contributed by atoms with Gasteiger partial charge in [0.15, 0.2) is 5.78 Å². The van der Waals surface area contributed by atoms with E-state index in [-0.39, 0.29) is 5.78 Å². The number of hydrogen-bond acceptors (Lipinski definition) is 3. The molecule has 1 aliphatic carbocycles. The molecule has 0 spiro atoms. The second-order valence-corrected chi connectivity index (χ2v) is 5.77. The molecule has 0 radical (unpaired) electrons. The summed E-state index contributed by atoms with van der Waals surface area (Å²) >= 11 is 5.81. The van der Waals surface area contributed by atoms with Crippen molar-refractivity contribution in [3.63, 3.8) is 0 Å². The van der Waals surface area contributed by atoms with E-state index in [0.717, 1.165) is 24.2 Å². The van der Waals surface area contributed by atoms with Crippen molar-refractivity contribution in [2.75, 3.05) is 5.88 Å². The van der Waals surface area contributed by atoms with E-state index in [0.29, 0.717) is 11.9 Å². The average molecular weight is 296 g/mol. The SMILES string of the molecule is CC(=O)/C=C/c1nnn(C2CCCCC2)c1CCCCl. The van der Waals surface area contributed by atoms with Gasteiger partial charge in [0.2, 0.25) is 0 Å². The fourth-order valence-corrected chi connectivity index (χ4v) is 2.88. The van der Waals surface area contributed by atoms with E-state index in [2.05, 4.69) is 15.0 Å². The molecule has 1 heterocycles. The lowest BCUT2D eigenvalue weighted by molar-refractivity contribution is -0.112. The zero-order valence-electron chi connectivity index (χ0n) is 12.0. The number of hydrogen-bond donors (Lipinski definition) is 0. The van der Waals surface area contributed by atoms with E-state index in [1.165, 1.54) is 32.1 Å². The Morgan fingerprint density at radius 1 is 1.40 bits per heavy atom. The number of carbonyl (C=O) groups excluding carboxylic acids is 1. The van der Waals surface area contributed by atoms with Crippen molar-refractivity contribution in [1.29, 1.82) is 0 Å². The van der Waals surface area contributed by atoms with Gasteiger partial charge in [0.25, 0.3) is 0 Å². The lowest BCUT2D eigenvalue weighted by Crippen LogP contribution is -2.17. The monoisotopic (exact) mass is 295 g/mol. The van der Waals surface area contributed by atoms with Crippen LogP contribution in [0.4, 0.5) is 0 Å². The van der Waals surface area contributed by atoms with Gasteiger partial charge in [-0.15, -0.1) is 16.7 Å². The molecular weight excluding hydrogens is 274 g/mol. The molecule has 5 heteroatoms. The Kier molecular flexibility index (Phi) is 5.77. The summed E-state index contributed by atoms with van der Waals surface area (Å²) in [6, 6.07) is 0.459. The fraction of sp³-hybridized carbons (Fsp3) is 0.667. The molecule has 1 aromatic rings. The molecule has 1 aromatic heterocycles. The van der Waals surface area contributed by atoms with Crippen LogP contribution in [0, 0.1) is 0 Å². The molecule has 20 heavy (non-hydrogen) atoms. The molecule has 0 aromatic carbocycles. The van der Waals surface area contributed by atoms with Crippen molar-refractivity contribution in [3.8, 4) is 0 Å². The molecule has 0 unspecified atom stereocenters. The van der Waals surface area contributed by atoms with Gasteiger partial charge < -0.3 is 0 Å². The molecule has 1 fully saturated rings. The van der Waals surface area contributed by atoms with Crippen LogP contribution in [-0.4, -0.2) is 26.7 Å². The average Bonchev–Trinajstić information content (AvgIpc) is 2.86. The molecule has 0 atom stereocenters. The van der Waals surface area contributed by atoms with Crippen molar-refractivity contribution in [2.45, 2.75) is 57.9 Å². The zero-order valence-corrected chi connectivity index (χ0v) is 12.8. The Bertz CT molecular complexity index is 475. The first-order chi connectivity index (χ1) is 9.72. The largest absolute Gasteiger partial charge is 0.295 e. The van der Waals surface area contributed by atoms with Crippen LogP contribution in [0.5, 0.6) is 0 Å². The highest BCUT2D eigenvalue weighted by molar-refractivity contribution is 6.17. The number of allylic oxidation sites excluding steroid dienone is 1. The van der Waals surface area contributed by atoms with E-state index in [1.54, 1.807) is 19.1 Å². The summed E-state index contributed by atoms with van der Waals surface area (Å²) in [4.78, 5) is 11.1. The van der Waals surface area contributed by atoms with E-state index in [4.69, 9.17) is 11.6 Å². The topological polar surface area (TPSA) is 47.8 Å². The highest BCUT2D eigenvalue weighted by Gasteiger charge is 2.21. The molecule has 0 amide bonds. The van der Waals surface area contributed by atoms with E-state index in [9.17, 15) is 4.79 Å². The number of rotatable bonds is 6. The lowest BCUT2D eigenvalue weighted by Gasteiger charge is -2.23. The van der Waals surface area contributed by atoms with Gasteiger partial charge in [0.05, 0.1) is 11.7 Å². The van der Waals surface area contributed by atoms with Gasteiger partial charge in [0, 0.05) is 5.88 Å². The molecule has 4 nitrogen and oxygen atoms in total. The second kappa shape index (κ2) is 7.58. The highest BCUT2D eigenvalue weighted by atomic mass is 35.5. The van der Waals surface area contributed by atoms with Gasteiger partial charge in [-0.2, -0.15) is 0 Å². The highest BCUT2D eigenvalue weighted by Crippen LogP contribution is 2.29. The number of carbonyl (C=O) groups is 1. The normalized spacial score (nSPS) is 16.9. The van der Waals surface area contributed by atoms with Crippen molar-refractivity contribution >= 4 is 23.5 Å². The van der Waals surface area contributed by atoms with Crippen LogP contribution in [0.1, 0.15) is 62.9 Å². The number of ketones is 1.